The molecule has 1 unspecified atom stereocenters. The quantitative estimate of drug-likeness (QED) is 0.727. The summed E-state index contributed by atoms with van der Waals surface area (Å²) in [5, 5.41) is 0. The molecular formula is C16H26N3O3+. The largest absolute Gasteiger partial charge is 0.355 e. The molecule has 6 nitrogen and oxygen atoms in total. The minimum Gasteiger partial charge on any atom is -0.355 e. The zero-order chi connectivity index (χ0) is 17.2. The first-order chi connectivity index (χ1) is 10.1. The number of amides is 1. The predicted molar refractivity (Wildman–Crippen MR) is 84.5 cm³/mol. The number of aromatic nitrogens is 1. The number of rotatable bonds is 6. The molecule has 0 radical (unpaired) electrons. The number of likely N-dealkylation sites (N-methyl/N-ethyl adjacent to an activating group) is 2. The van der Waals surface area contributed by atoms with Crippen molar-refractivity contribution in [1.29, 1.82) is 0 Å². The summed E-state index contributed by atoms with van der Waals surface area (Å²) in [6.07, 6.45) is 0. The number of nitrogens with zero attached hydrogens (tertiary/aromatic N) is 1. The summed E-state index contributed by atoms with van der Waals surface area (Å²) in [5.74, 6) is -0.167. The molecule has 0 bridgehead atoms. The maximum absolute atomic E-state index is 12.7. The summed E-state index contributed by atoms with van der Waals surface area (Å²) in [7, 11) is 5.21. The van der Waals surface area contributed by atoms with E-state index in [9.17, 15) is 14.4 Å². The number of carbonyl (C=O) groups is 3. The molecule has 1 heterocycles. The Bertz CT molecular complexity index is 602. The van der Waals surface area contributed by atoms with Crippen LogP contribution in [-0.2, 0) is 4.79 Å². The third-order valence-electron chi connectivity index (χ3n) is 4.10. The Labute approximate surface area is 131 Å². The standard InChI is InChI=1S/C16H25N3O3/c1-9-14(12(4)20)10(2)17-15(9)16(22)11(3)19(7)8-13(21)18(5)6/h11,17H,8H2,1-7H3/p+1/t11-/m1/s1. The van der Waals surface area contributed by atoms with Crippen LogP contribution < -0.4 is 4.90 Å². The van der Waals surface area contributed by atoms with E-state index in [1.54, 1.807) is 34.9 Å². The topological polar surface area (TPSA) is 74.7 Å². The average Bonchev–Trinajstić information content (AvgIpc) is 2.71. The fraction of sp³-hybridized carbons (Fsp3) is 0.562. The van der Waals surface area contributed by atoms with Gasteiger partial charge in [-0.1, -0.05) is 0 Å². The lowest BCUT2D eigenvalue weighted by molar-refractivity contribution is -0.885. The molecule has 0 saturated heterocycles. The molecule has 1 aromatic heterocycles. The molecule has 0 aromatic carbocycles. The fourth-order valence-corrected chi connectivity index (χ4v) is 2.51. The number of nitrogens with one attached hydrogen (secondary N) is 2. The van der Waals surface area contributed by atoms with E-state index in [2.05, 4.69) is 4.98 Å². The van der Waals surface area contributed by atoms with Gasteiger partial charge in [0.15, 0.2) is 18.4 Å². The molecule has 0 saturated carbocycles. The van der Waals surface area contributed by atoms with Crippen LogP contribution in [0.15, 0.2) is 0 Å². The maximum Gasteiger partial charge on any atom is 0.277 e. The lowest BCUT2D eigenvalue weighted by Gasteiger charge is -2.21. The van der Waals surface area contributed by atoms with Crippen molar-refractivity contribution in [2.24, 2.45) is 0 Å². The smallest absolute Gasteiger partial charge is 0.277 e. The third kappa shape index (κ3) is 3.62. The second-order valence-electron chi connectivity index (χ2n) is 6.08. The molecule has 122 valence electrons. The first kappa shape index (κ1) is 18.1. The average molecular weight is 308 g/mol. The van der Waals surface area contributed by atoms with E-state index >= 15 is 0 Å². The van der Waals surface area contributed by atoms with Gasteiger partial charge in [0.25, 0.3) is 5.91 Å². The molecule has 0 spiro atoms. The zero-order valence-corrected chi connectivity index (χ0v) is 14.5. The molecular weight excluding hydrogens is 282 g/mol. The van der Waals surface area contributed by atoms with Gasteiger partial charge in [0, 0.05) is 25.4 Å². The first-order valence-corrected chi connectivity index (χ1v) is 7.34. The molecule has 22 heavy (non-hydrogen) atoms. The van der Waals surface area contributed by atoms with E-state index in [1.165, 1.54) is 11.8 Å². The number of ketones is 2. The van der Waals surface area contributed by atoms with Crippen LogP contribution in [0.1, 0.15) is 46.0 Å². The number of aryl methyl sites for hydroxylation is 1. The van der Waals surface area contributed by atoms with Crippen LogP contribution in [-0.4, -0.2) is 61.1 Å². The van der Waals surface area contributed by atoms with Crippen LogP contribution in [0.3, 0.4) is 0 Å². The maximum atomic E-state index is 12.7. The minimum absolute atomic E-state index is 0.0269. The number of Topliss-reactive ketones (excluding diaryl/α,β-unsaturated/α-hetero) is 2. The highest BCUT2D eigenvalue weighted by Gasteiger charge is 2.29. The van der Waals surface area contributed by atoms with Crippen molar-refractivity contribution >= 4 is 17.5 Å². The summed E-state index contributed by atoms with van der Waals surface area (Å²) in [5.41, 5.74) is 2.44. The zero-order valence-electron chi connectivity index (χ0n) is 14.5. The second-order valence-corrected chi connectivity index (χ2v) is 6.08. The van der Waals surface area contributed by atoms with Crippen molar-refractivity contribution in [3.05, 3.63) is 22.5 Å². The summed E-state index contributed by atoms with van der Waals surface area (Å²) in [6, 6.07) is -0.375. The van der Waals surface area contributed by atoms with Crippen LogP contribution >= 0.6 is 0 Å². The molecule has 0 aliphatic carbocycles. The molecule has 1 aromatic rings. The fourth-order valence-electron chi connectivity index (χ4n) is 2.51. The SMILES string of the molecule is CC(=O)c1c(C)[nH]c(C(=O)[C@@H](C)[NH+](C)CC(=O)N(C)C)c1C. The van der Waals surface area contributed by atoms with Crippen molar-refractivity contribution in [3.8, 4) is 0 Å². The third-order valence-corrected chi connectivity index (χ3v) is 4.10. The van der Waals surface area contributed by atoms with Crippen LogP contribution in [0.5, 0.6) is 0 Å². The van der Waals surface area contributed by atoms with Gasteiger partial charge in [-0.2, -0.15) is 0 Å². The Morgan fingerprint density at radius 1 is 1.23 bits per heavy atom. The van der Waals surface area contributed by atoms with Crippen LogP contribution in [0.4, 0.5) is 0 Å². The van der Waals surface area contributed by atoms with Crippen LogP contribution in [0, 0.1) is 13.8 Å². The number of H-pyrrole nitrogens is 1. The molecule has 1 amide bonds. The van der Waals surface area contributed by atoms with Crippen molar-refractivity contribution < 1.29 is 19.3 Å². The highest BCUT2D eigenvalue weighted by Crippen LogP contribution is 2.19. The Balaban J connectivity index is 2.99. The number of hydrogen-bond acceptors (Lipinski definition) is 3. The first-order valence-electron chi connectivity index (χ1n) is 7.34. The van der Waals surface area contributed by atoms with Gasteiger partial charge in [-0.25, -0.2) is 0 Å². The summed E-state index contributed by atoms with van der Waals surface area (Å²) < 4.78 is 0. The van der Waals surface area contributed by atoms with Gasteiger partial charge in [-0.3, -0.25) is 14.4 Å². The minimum atomic E-state index is -0.375. The van der Waals surface area contributed by atoms with Crippen molar-refractivity contribution in [3.63, 3.8) is 0 Å². The van der Waals surface area contributed by atoms with E-state index in [-0.39, 0.29) is 30.1 Å². The van der Waals surface area contributed by atoms with Gasteiger partial charge in [-0.15, -0.1) is 0 Å². The normalized spacial score (nSPS) is 13.6. The van der Waals surface area contributed by atoms with Gasteiger partial charge in [0.1, 0.15) is 0 Å². The number of hydrogen-bond donors (Lipinski definition) is 2. The van der Waals surface area contributed by atoms with Gasteiger partial charge in [0.05, 0.1) is 12.7 Å². The lowest BCUT2D eigenvalue weighted by Crippen LogP contribution is -3.14. The van der Waals surface area contributed by atoms with Crippen molar-refractivity contribution in [2.45, 2.75) is 33.7 Å². The van der Waals surface area contributed by atoms with Crippen molar-refractivity contribution in [2.75, 3.05) is 27.7 Å². The van der Waals surface area contributed by atoms with Gasteiger partial charge in [0.2, 0.25) is 5.78 Å². The Morgan fingerprint density at radius 3 is 2.18 bits per heavy atom. The van der Waals surface area contributed by atoms with Crippen LogP contribution in [0.25, 0.3) is 0 Å². The molecule has 0 fully saturated rings. The number of quaternary nitrogens is 1. The lowest BCUT2D eigenvalue weighted by atomic mass is 10.0. The second kappa shape index (κ2) is 6.87. The van der Waals surface area contributed by atoms with Gasteiger partial charge in [-0.05, 0) is 33.3 Å². The Kier molecular flexibility index (Phi) is 5.65. The number of carbonyl (C=O) groups excluding carboxylic acids is 3. The highest BCUT2D eigenvalue weighted by atomic mass is 16.2. The van der Waals surface area contributed by atoms with E-state index in [0.29, 0.717) is 22.5 Å². The predicted octanol–water partition coefficient (Wildman–Crippen LogP) is 0.00824. The number of aromatic amines is 1. The van der Waals surface area contributed by atoms with E-state index in [0.717, 1.165) is 4.90 Å². The van der Waals surface area contributed by atoms with E-state index in [4.69, 9.17) is 0 Å². The summed E-state index contributed by atoms with van der Waals surface area (Å²) in [6.45, 7) is 7.10. The van der Waals surface area contributed by atoms with Gasteiger partial charge < -0.3 is 14.8 Å². The Hall–Kier alpha value is -1.95. The molecule has 6 heteroatoms. The van der Waals surface area contributed by atoms with Crippen molar-refractivity contribution in [1.82, 2.24) is 9.88 Å². The molecule has 0 aliphatic rings. The van der Waals surface area contributed by atoms with E-state index in [1.807, 2.05) is 7.05 Å². The molecule has 2 atom stereocenters. The summed E-state index contributed by atoms with van der Waals surface area (Å²) in [4.78, 5) is 41.4. The molecule has 1 rings (SSSR count). The monoisotopic (exact) mass is 308 g/mol. The molecule has 0 aliphatic heterocycles. The summed E-state index contributed by atoms with van der Waals surface area (Å²) >= 11 is 0. The Morgan fingerprint density at radius 2 is 1.77 bits per heavy atom. The van der Waals surface area contributed by atoms with E-state index < -0.39 is 0 Å². The van der Waals surface area contributed by atoms with Crippen LogP contribution in [0.2, 0.25) is 0 Å². The highest BCUT2D eigenvalue weighted by molar-refractivity contribution is 6.04. The molecule has 2 N–H and O–H groups in total. The van der Waals surface area contributed by atoms with Gasteiger partial charge >= 0.3 is 0 Å².